The van der Waals surface area contributed by atoms with Crippen LogP contribution in [-0.4, -0.2) is 46.5 Å². The summed E-state index contributed by atoms with van der Waals surface area (Å²) in [6, 6.07) is 15.0. The van der Waals surface area contributed by atoms with E-state index in [-0.39, 0.29) is 24.5 Å². The van der Waals surface area contributed by atoms with Gasteiger partial charge in [-0.15, -0.1) is 0 Å². The number of nitrogens with zero attached hydrogens (tertiary/aromatic N) is 2. The number of piperidine rings is 1. The number of rotatable bonds is 7. The van der Waals surface area contributed by atoms with Crippen molar-refractivity contribution in [3.8, 4) is 22.8 Å². The molecule has 7 nitrogen and oxygen atoms in total. The summed E-state index contributed by atoms with van der Waals surface area (Å²) < 4.78 is 46.2. The Bertz CT molecular complexity index is 1280. The monoisotopic (exact) mass is 513 g/mol. The summed E-state index contributed by atoms with van der Waals surface area (Å²) in [6.07, 6.45) is -3.18. The Hall–Kier alpha value is -3.92. The van der Waals surface area contributed by atoms with Crippen LogP contribution >= 0.6 is 0 Å². The highest BCUT2D eigenvalue weighted by atomic mass is 19.4. The molecule has 2 heterocycles. The van der Waals surface area contributed by atoms with E-state index in [1.54, 1.807) is 24.3 Å². The van der Waals surface area contributed by atoms with Gasteiger partial charge in [0.2, 0.25) is 5.91 Å². The number of aliphatic hydroxyl groups excluding tert-OH is 1. The number of hydrogen-bond acceptors (Lipinski definition) is 5. The first kappa shape index (κ1) is 26.2. The lowest BCUT2D eigenvalue weighted by atomic mass is 9.96. The van der Waals surface area contributed by atoms with E-state index in [0.29, 0.717) is 37.3 Å². The average molecular weight is 514 g/mol. The van der Waals surface area contributed by atoms with Crippen LogP contribution in [0.25, 0.3) is 11.3 Å². The predicted molar refractivity (Wildman–Crippen MR) is 130 cm³/mol. The topological polar surface area (TPSA) is 106 Å². The molecule has 1 unspecified atom stereocenters. The van der Waals surface area contributed by atoms with Crippen LogP contribution in [0.1, 0.15) is 34.5 Å². The first-order valence-corrected chi connectivity index (χ1v) is 11.8. The second kappa shape index (κ2) is 11.0. The fourth-order valence-electron chi connectivity index (χ4n) is 4.24. The van der Waals surface area contributed by atoms with E-state index in [2.05, 4.69) is 4.98 Å². The van der Waals surface area contributed by atoms with E-state index in [1.807, 2.05) is 18.2 Å². The van der Waals surface area contributed by atoms with Gasteiger partial charge < -0.3 is 20.5 Å². The van der Waals surface area contributed by atoms with E-state index < -0.39 is 29.5 Å². The van der Waals surface area contributed by atoms with Crippen molar-refractivity contribution in [1.29, 1.82) is 0 Å². The Kier molecular flexibility index (Phi) is 7.77. The molecule has 10 heteroatoms. The normalized spacial score (nSPS) is 15.9. The van der Waals surface area contributed by atoms with Gasteiger partial charge in [0.15, 0.2) is 0 Å². The largest absolute Gasteiger partial charge is 0.457 e. The minimum absolute atomic E-state index is 0.0158. The summed E-state index contributed by atoms with van der Waals surface area (Å²) in [6.45, 7) is 0.328. The standard InChI is InChI=1S/C27H26F3N3O4/c28-27(29,30)19-8-11-24(22(15-19)26(36)33-13-2-3-18(16-33)25(31)35)37-21-9-6-17(7-10-21)23-5-1-4-20(32-23)12-14-34/h1,4-11,15,18,34H,2-3,12-14,16H2,(H2,31,35). The number of carbonyl (C=O) groups excluding carboxylic acids is 2. The van der Waals surface area contributed by atoms with Crippen molar-refractivity contribution >= 4 is 11.8 Å². The molecule has 1 atom stereocenters. The van der Waals surface area contributed by atoms with Crippen molar-refractivity contribution in [2.45, 2.75) is 25.4 Å². The number of carbonyl (C=O) groups is 2. The number of hydrogen-bond donors (Lipinski definition) is 2. The Morgan fingerprint density at radius 3 is 2.54 bits per heavy atom. The number of primary amides is 1. The van der Waals surface area contributed by atoms with Gasteiger partial charge in [0, 0.05) is 37.4 Å². The molecule has 37 heavy (non-hydrogen) atoms. The van der Waals surface area contributed by atoms with Gasteiger partial charge in [0.25, 0.3) is 5.91 Å². The summed E-state index contributed by atoms with van der Waals surface area (Å²) in [7, 11) is 0. The zero-order chi connectivity index (χ0) is 26.6. The van der Waals surface area contributed by atoms with Crippen LogP contribution in [0.5, 0.6) is 11.5 Å². The number of likely N-dealkylation sites (tertiary alicyclic amines) is 1. The van der Waals surface area contributed by atoms with Crippen LogP contribution in [0, 0.1) is 5.92 Å². The molecule has 1 aliphatic heterocycles. The van der Waals surface area contributed by atoms with Crippen LogP contribution < -0.4 is 10.5 Å². The number of pyridine rings is 1. The summed E-state index contributed by atoms with van der Waals surface area (Å²) in [5.74, 6) is -1.47. The zero-order valence-electron chi connectivity index (χ0n) is 19.9. The van der Waals surface area contributed by atoms with E-state index >= 15 is 0 Å². The minimum atomic E-state index is -4.65. The summed E-state index contributed by atoms with van der Waals surface area (Å²) >= 11 is 0. The Labute approximate surface area is 211 Å². The molecule has 1 aliphatic rings. The number of alkyl halides is 3. The molecular weight excluding hydrogens is 487 g/mol. The second-order valence-electron chi connectivity index (χ2n) is 8.82. The van der Waals surface area contributed by atoms with Crippen LogP contribution in [0.2, 0.25) is 0 Å². The first-order valence-electron chi connectivity index (χ1n) is 11.8. The average Bonchev–Trinajstić information content (AvgIpc) is 2.89. The van der Waals surface area contributed by atoms with Gasteiger partial charge in [-0.25, -0.2) is 0 Å². The molecule has 194 valence electrons. The molecule has 0 bridgehead atoms. The third-order valence-electron chi connectivity index (χ3n) is 6.20. The number of halogens is 3. The van der Waals surface area contributed by atoms with E-state index in [1.165, 1.54) is 4.90 Å². The van der Waals surface area contributed by atoms with Gasteiger partial charge in [-0.1, -0.05) is 6.07 Å². The smallest absolute Gasteiger partial charge is 0.416 e. The highest BCUT2D eigenvalue weighted by Crippen LogP contribution is 2.35. The fraction of sp³-hybridized carbons (Fsp3) is 0.296. The van der Waals surface area contributed by atoms with Crippen molar-refractivity contribution < 1.29 is 32.6 Å². The summed E-state index contributed by atoms with van der Waals surface area (Å²) in [4.78, 5) is 30.8. The van der Waals surface area contributed by atoms with Crippen LogP contribution in [-0.2, 0) is 17.4 Å². The molecular formula is C27H26F3N3O4. The maximum absolute atomic E-state index is 13.4. The van der Waals surface area contributed by atoms with E-state index in [0.717, 1.165) is 29.5 Å². The van der Waals surface area contributed by atoms with Gasteiger partial charge in [0.1, 0.15) is 11.5 Å². The number of aromatic nitrogens is 1. The lowest BCUT2D eigenvalue weighted by molar-refractivity contribution is -0.137. The summed E-state index contributed by atoms with van der Waals surface area (Å²) in [5.41, 5.74) is 6.38. The quantitative estimate of drug-likeness (QED) is 0.486. The zero-order valence-corrected chi connectivity index (χ0v) is 19.9. The van der Waals surface area contributed by atoms with Gasteiger partial charge in [-0.05, 0) is 67.4 Å². The second-order valence-corrected chi connectivity index (χ2v) is 8.82. The van der Waals surface area contributed by atoms with Crippen molar-refractivity contribution in [3.05, 3.63) is 77.5 Å². The third-order valence-corrected chi connectivity index (χ3v) is 6.20. The number of aliphatic hydroxyl groups is 1. The molecule has 1 aromatic heterocycles. The van der Waals surface area contributed by atoms with Crippen LogP contribution in [0.15, 0.2) is 60.7 Å². The number of benzene rings is 2. The SMILES string of the molecule is NC(=O)C1CCCN(C(=O)c2cc(C(F)(F)F)ccc2Oc2ccc(-c3cccc(CCO)n3)cc2)C1. The Morgan fingerprint density at radius 2 is 1.86 bits per heavy atom. The third kappa shape index (κ3) is 6.26. The van der Waals surface area contributed by atoms with Gasteiger partial charge in [0.05, 0.1) is 22.7 Å². The number of amides is 2. The molecule has 2 amide bonds. The molecule has 1 saturated heterocycles. The number of ether oxygens (including phenoxy) is 1. The minimum Gasteiger partial charge on any atom is -0.457 e. The molecule has 0 aliphatic carbocycles. The van der Waals surface area contributed by atoms with Crippen LogP contribution in [0.4, 0.5) is 13.2 Å². The highest BCUT2D eigenvalue weighted by Gasteiger charge is 2.34. The molecule has 2 aromatic carbocycles. The Morgan fingerprint density at radius 1 is 1.11 bits per heavy atom. The first-order chi connectivity index (χ1) is 17.7. The molecule has 3 aromatic rings. The molecule has 1 fully saturated rings. The molecule has 0 saturated carbocycles. The van der Waals surface area contributed by atoms with Gasteiger partial charge in [-0.3, -0.25) is 14.6 Å². The maximum atomic E-state index is 13.4. The lowest BCUT2D eigenvalue weighted by Crippen LogP contribution is -2.44. The predicted octanol–water partition coefficient (Wildman–Crippen LogP) is 4.43. The van der Waals surface area contributed by atoms with E-state index in [9.17, 15) is 22.8 Å². The molecule has 3 N–H and O–H groups in total. The maximum Gasteiger partial charge on any atom is 0.416 e. The van der Waals surface area contributed by atoms with Gasteiger partial charge >= 0.3 is 6.18 Å². The van der Waals surface area contributed by atoms with Crippen molar-refractivity contribution in [2.24, 2.45) is 11.7 Å². The molecule has 0 radical (unpaired) electrons. The lowest BCUT2D eigenvalue weighted by Gasteiger charge is -2.31. The molecule has 0 spiro atoms. The summed E-state index contributed by atoms with van der Waals surface area (Å²) in [5, 5.41) is 9.13. The van der Waals surface area contributed by atoms with Crippen molar-refractivity contribution in [3.63, 3.8) is 0 Å². The van der Waals surface area contributed by atoms with Crippen LogP contribution in [0.3, 0.4) is 0 Å². The van der Waals surface area contributed by atoms with E-state index in [4.69, 9.17) is 15.6 Å². The fourth-order valence-corrected chi connectivity index (χ4v) is 4.24. The Balaban J connectivity index is 1.61. The van der Waals surface area contributed by atoms with Crippen molar-refractivity contribution in [1.82, 2.24) is 9.88 Å². The van der Waals surface area contributed by atoms with Gasteiger partial charge in [-0.2, -0.15) is 13.2 Å². The number of nitrogens with two attached hydrogens (primary N) is 1. The highest BCUT2D eigenvalue weighted by molar-refractivity contribution is 5.97. The molecule has 4 rings (SSSR count). The van der Waals surface area contributed by atoms with Crippen molar-refractivity contribution in [2.75, 3.05) is 19.7 Å².